The van der Waals surface area contributed by atoms with Crippen LogP contribution in [0.2, 0.25) is 0 Å². The van der Waals surface area contributed by atoms with E-state index >= 15 is 0 Å². The van der Waals surface area contributed by atoms with Gasteiger partial charge in [0.25, 0.3) is 0 Å². The summed E-state index contributed by atoms with van der Waals surface area (Å²) in [6, 6.07) is 0. The Balaban J connectivity index is 2.30. The molecule has 0 aliphatic carbocycles. The van der Waals surface area contributed by atoms with Crippen molar-refractivity contribution in [2.75, 3.05) is 6.61 Å². The molecule has 1 fully saturated rings. The molecule has 0 aromatic rings. The van der Waals surface area contributed by atoms with Gasteiger partial charge < -0.3 is 9.47 Å². The van der Waals surface area contributed by atoms with Crippen LogP contribution in [0, 0.1) is 0 Å². The van der Waals surface area contributed by atoms with Gasteiger partial charge in [-0.25, -0.2) is 9.59 Å². The van der Waals surface area contributed by atoms with Crippen molar-refractivity contribution in [3.63, 3.8) is 0 Å². The minimum absolute atomic E-state index is 0.184. The Labute approximate surface area is 121 Å². The molecule has 21 heavy (non-hydrogen) atoms. The molecule has 0 aromatic heterocycles. The van der Waals surface area contributed by atoms with Gasteiger partial charge in [-0.05, 0) is 30.4 Å². The summed E-state index contributed by atoms with van der Waals surface area (Å²) < 4.78 is 9.67. The first-order chi connectivity index (χ1) is 10.3. The Hall–Kier alpha value is -3.02. The monoisotopic (exact) mass is 284 g/mol. The fraction of sp³-hybridized carbons (Fsp3) is 0.0667. The van der Waals surface area contributed by atoms with E-state index in [2.05, 4.69) is 14.7 Å². The van der Waals surface area contributed by atoms with Crippen LogP contribution in [0.25, 0.3) is 0 Å². The highest BCUT2D eigenvalue weighted by atomic mass is 16.6. The summed E-state index contributed by atoms with van der Waals surface area (Å²) in [7, 11) is 0. The molecule has 2 aliphatic rings. The topological polar surface area (TPSA) is 77.3 Å². The first-order valence-electron chi connectivity index (χ1n) is 6.11. The zero-order chi connectivity index (χ0) is 14.9. The molecule has 0 amide bonds. The lowest BCUT2D eigenvalue weighted by Gasteiger charge is -1.91. The van der Waals surface area contributed by atoms with Crippen LogP contribution in [0.15, 0.2) is 70.2 Å². The first kappa shape index (κ1) is 14.4. The molecule has 6 nitrogen and oxygen atoms in total. The van der Waals surface area contributed by atoms with Gasteiger partial charge in [-0.1, -0.05) is 0 Å². The van der Waals surface area contributed by atoms with Gasteiger partial charge in [0.2, 0.25) is 0 Å². The normalized spacial score (nSPS) is 29.9. The van der Waals surface area contributed by atoms with Crippen molar-refractivity contribution < 1.29 is 19.1 Å². The fourth-order valence-corrected chi connectivity index (χ4v) is 1.50. The molecule has 2 aliphatic heterocycles. The van der Waals surface area contributed by atoms with Gasteiger partial charge in [-0.3, -0.25) is 9.98 Å². The van der Waals surface area contributed by atoms with Crippen LogP contribution in [0.5, 0.6) is 0 Å². The van der Waals surface area contributed by atoms with Crippen LogP contribution in [0.4, 0.5) is 0 Å². The van der Waals surface area contributed by atoms with Gasteiger partial charge in [0.05, 0.1) is 17.4 Å². The predicted octanol–water partition coefficient (Wildman–Crippen LogP) is 1.64. The standard InChI is InChI=1S/C15H12N2O4/c18-14-12-4-1-6-16-8-3-10-20-11-9-17-7-2-5-13(12)15(19)21-14/h1-10H,11H2/b6-1-,7-2-,10-3-,12-4+,13-5+,16-8+,17-9?. The summed E-state index contributed by atoms with van der Waals surface area (Å²) in [4.78, 5) is 31.0. The maximum Gasteiger partial charge on any atom is 0.346 e. The van der Waals surface area contributed by atoms with Crippen LogP contribution in [-0.2, 0) is 19.1 Å². The zero-order valence-electron chi connectivity index (χ0n) is 11.0. The molecule has 106 valence electrons. The highest BCUT2D eigenvalue weighted by molar-refractivity contribution is 6.18. The van der Waals surface area contributed by atoms with Gasteiger partial charge in [0.1, 0.15) is 6.61 Å². The molecule has 0 radical (unpaired) electrons. The van der Waals surface area contributed by atoms with Gasteiger partial charge in [-0.2, -0.15) is 0 Å². The van der Waals surface area contributed by atoms with E-state index in [0.29, 0.717) is 6.61 Å². The van der Waals surface area contributed by atoms with E-state index in [-0.39, 0.29) is 11.1 Å². The minimum atomic E-state index is -0.677. The second-order valence-corrected chi connectivity index (χ2v) is 3.81. The average molecular weight is 284 g/mol. The van der Waals surface area contributed by atoms with Crippen LogP contribution >= 0.6 is 0 Å². The van der Waals surface area contributed by atoms with Gasteiger partial charge >= 0.3 is 11.9 Å². The van der Waals surface area contributed by atoms with E-state index in [1.54, 1.807) is 24.4 Å². The fourth-order valence-electron chi connectivity index (χ4n) is 1.50. The number of carbonyl (C=O) groups is 2. The quantitative estimate of drug-likeness (QED) is 0.500. The van der Waals surface area contributed by atoms with Crippen LogP contribution in [0.3, 0.4) is 0 Å². The second-order valence-electron chi connectivity index (χ2n) is 3.81. The molecule has 0 atom stereocenters. The number of esters is 2. The zero-order valence-corrected chi connectivity index (χ0v) is 11.0. The lowest BCUT2D eigenvalue weighted by Crippen LogP contribution is -1.96. The van der Waals surface area contributed by atoms with Crippen molar-refractivity contribution in [1.82, 2.24) is 0 Å². The first-order valence-corrected chi connectivity index (χ1v) is 6.11. The number of hydrogen-bond acceptors (Lipinski definition) is 6. The Kier molecular flexibility index (Phi) is 5.17. The molecule has 2 heterocycles. The number of allylic oxidation sites excluding steroid dienone is 5. The van der Waals surface area contributed by atoms with Gasteiger partial charge in [0.15, 0.2) is 0 Å². The predicted molar refractivity (Wildman–Crippen MR) is 77.6 cm³/mol. The largest absolute Gasteiger partial charge is 0.495 e. The van der Waals surface area contributed by atoms with E-state index in [1.165, 1.54) is 37.0 Å². The third kappa shape index (κ3) is 4.24. The maximum absolute atomic E-state index is 11.6. The molecule has 0 bridgehead atoms. The Bertz CT molecular complexity index is 634. The third-order valence-electron chi connectivity index (χ3n) is 2.41. The lowest BCUT2D eigenvalue weighted by molar-refractivity contribution is -0.149. The molecular weight excluding hydrogens is 272 g/mol. The van der Waals surface area contributed by atoms with E-state index in [9.17, 15) is 9.59 Å². The SMILES string of the molecule is O=C1OC(=O)/C2=C/C=C\N=C\C=C/OCC=N\C=C/C=C/12. The third-order valence-corrected chi connectivity index (χ3v) is 2.41. The van der Waals surface area contributed by atoms with E-state index < -0.39 is 11.9 Å². The molecule has 0 spiro atoms. The molecule has 1 saturated heterocycles. The Morgan fingerprint density at radius 2 is 1.57 bits per heavy atom. The summed E-state index contributed by atoms with van der Waals surface area (Å²) >= 11 is 0. The molecule has 0 unspecified atom stereocenters. The summed E-state index contributed by atoms with van der Waals surface area (Å²) in [5, 5.41) is 0. The molecular formula is C15H12N2O4. The smallest absolute Gasteiger partial charge is 0.346 e. The van der Waals surface area contributed by atoms with Crippen molar-refractivity contribution in [3.05, 3.63) is 60.2 Å². The van der Waals surface area contributed by atoms with Crippen molar-refractivity contribution in [1.29, 1.82) is 0 Å². The second kappa shape index (κ2) is 7.54. The van der Waals surface area contributed by atoms with E-state index in [1.807, 2.05) is 0 Å². The Morgan fingerprint density at radius 3 is 2.29 bits per heavy atom. The number of ether oxygens (including phenoxy) is 2. The minimum Gasteiger partial charge on any atom is -0.495 e. The van der Waals surface area contributed by atoms with Crippen LogP contribution in [0.1, 0.15) is 0 Å². The highest BCUT2D eigenvalue weighted by Crippen LogP contribution is 2.22. The number of aliphatic imine (C=N–C) groups is 2. The number of cyclic esters (lactones) is 2. The number of fused-ring (bicyclic) bond motifs is 1. The van der Waals surface area contributed by atoms with Crippen molar-refractivity contribution in [2.45, 2.75) is 0 Å². The number of hydrogen-bond donors (Lipinski definition) is 0. The number of rotatable bonds is 0. The number of carbonyl (C=O) groups excluding carboxylic acids is 2. The van der Waals surface area contributed by atoms with Crippen molar-refractivity contribution in [2.24, 2.45) is 9.98 Å². The Morgan fingerprint density at radius 1 is 0.905 bits per heavy atom. The summed E-state index contributed by atoms with van der Waals surface area (Å²) in [5.41, 5.74) is 0.370. The van der Waals surface area contributed by atoms with E-state index in [0.717, 1.165) is 0 Å². The lowest BCUT2D eigenvalue weighted by atomic mass is 10.1. The summed E-state index contributed by atoms with van der Waals surface area (Å²) in [5.74, 6) is -1.35. The van der Waals surface area contributed by atoms with Crippen molar-refractivity contribution in [3.8, 4) is 0 Å². The summed E-state index contributed by atoms with van der Waals surface area (Å²) in [6.07, 6.45) is 15.2. The van der Waals surface area contributed by atoms with Crippen molar-refractivity contribution >= 4 is 24.4 Å². The van der Waals surface area contributed by atoms with Gasteiger partial charge in [0, 0.05) is 24.8 Å². The van der Waals surface area contributed by atoms with Crippen LogP contribution < -0.4 is 0 Å². The molecule has 0 N–H and O–H groups in total. The highest BCUT2D eigenvalue weighted by Gasteiger charge is 2.32. The summed E-state index contributed by atoms with van der Waals surface area (Å²) in [6.45, 7) is 0.312. The maximum atomic E-state index is 11.6. The molecule has 2 rings (SSSR count). The van der Waals surface area contributed by atoms with E-state index in [4.69, 9.17) is 4.74 Å². The average Bonchev–Trinajstić information content (AvgIpc) is 2.72. The number of nitrogens with zero attached hydrogens (tertiary/aromatic N) is 2. The van der Waals surface area contributed by atoms with Crippen LogP contribution in [-0.4, -0.2) is 31.0 Å². The molecule has 6 heteroatoms. The van der Waals surface area contributed by atoms with Gasteiger partial charge in [-0.15, -0.1) is 0 Å². The molecule has 0 saturated carbocycles. The molecule has 0 aromatic carbocycles.